The Morgan fingerprint density at radius 2 is 1.68 bits per heavy atom. The zero-order valence-corrected chi connectivity index (χ0v) is 18.5. The van der Waals surface area contributed by atoms with E-state index in [-0.39, 0.29) is 4.90 Å². The van der Waals surface area contributed by atoms with Gasteiger partial charge in [0.05, 0.1) is 12.8 Å². The Labute approximate surface area is 184 Å². The minimum Gasteiger partial charge on any atom is -0.495 e. The second kappa shape index (κ2) is 8.75. The van der Waals surface area contributed by atoms with Crippen LogP contribution >= 0.6 is 11.3 Å². The quantitative estimate of drug-likeness (QED) is 0.407. The van der Waals surface area contributed by atoms with Crippen LogP contribution in [0.5, 0.6) is 5.75 Å². The second-order valence-electron chi connectivity index (χ2n) is 6.74. The van der Waals surface area contributed by atoms with E-state index in [1.165, 1.54) is 18.4 Å². The largest absolute Gasteiger partial charge is 0.495 e. The molecule has 0 fully saturated rings. The summed E-state index contributed by atoms with van der Waals surface area (Å²) < 4.78 is 33.5. The van der Waals surface area contributed by atoms with Crippen LogP contribution in [0.2, 0.25) is 0 Å². The first kappa shape index (κ1) is 20.8. The van der Waals surface area contributed by atoms with Crippen LogP contribution < -0.4 is 14.8 Å². The van der Waals surface area contributed by atoms with Gasteiger partial charge in [-0.3, -0.25) is 9.71 Å². The summed E-state index contributed by atoms with van der Waals surface area (Å²) >= 11 is 1.49. The molecule has 0 atom stereocenters. The number of thiazole rings is 1. The Kier molecular flexibility index (Phi) is 5.88. The van der Waals surface area contributed by atoms with Gasteiger partial charge in [0.2, 0.25) is 0 Å². The van der Waals surface area contributed by atoms with Crippen molar-refractivity contribution in [1.29, 1.82) is 0 Å². The first-order chi connectivity index (χ1) is 14.9. The minimum atomic E-state index is -3.79. The van der Waals surface area contributed by atoms with E-state index in [4.69, 9.17) is 4.74 Å². The van der Waals surface area contributed by atoms with Crippen molar-refractivity contribution in [2.75, 3.05) is 17.1 Å². The monoisotopic (exact) mass is 452 g/mol. The van der Waals surface area contributed by atoms with Crippen molar-refractivity contribution in [1.82, 2.24) is 9.97 Å². The molecule has 0 unspecified atom stereocenters. The van der Waals surface area contributed by atoms with Gasteiger partial charge in [-0.25, -0.2) is 13.4 Å². The standard InChI is InChI=1S/C22H20N4O3S2/c1-15-3-8-20(29-2)21(13-15)31(27,28)26-18-6-4-17(5-7-18)24-22-25-19(14-30-22)16-9-11-23-12-10-16/h3-14,26H,1-2H3,(H,24,25). The van der Waals surface area contributed by atoms with E-state index in [9.17, 15) is 8.42 Å². The fourth-order valence-electron chi connectivity index (χ4n) is 2.94. The highest BCUT2D eigenvalue weighted by Gasteiger charge is 2.20. The summed E-state index contributed by atoms with van der Waals surface area (Å²) in [6, 6.07) is 15.8. The maximum Gasteiger partial charge on any atom is 0.265 e. The predicted molar refractivity (Wildman–Crippen MR) is 124 cm³/mol. The highest BCUT2D eigenvalue weighted by atomic mass is 32.2. The van der Waals surface area contributed by atoms with Crippen molar-refractivity contribution < 1.29 is 13.2 Å². The summed E-state index contributed by atoms with van der Waals surface area (Å²) in [6.45, 7) is 1.83. The average Bonchev–Trinajstić information content (AvgIpc) is 3.24. The Morgan fingerprint density at radius 3 is 2.39 bits per heavy atom. The van der Waals surface area contributed by atoms with Gasteiger partial charge in [-0.05, 0) is 61.0 Å². The summed E-state index contributed by atoms with van der Waals surface area (Å²) in [4.78, 5) is 8.70. The van der Waals surface area contributed by atoms with Crippen LogP contribution in [0.3, 0.4) is 0 Å². The van der Waals surface area contributed by atoms with Crippen molar-refractivity contribution in [3.63, 3.8) is 0 Å². The summed E-state index contributed by atoms with van der Waals surface area (Å²) in [5, 5.41) is 5.94. The molecule has 0 saturated carbocycles. The van der Waals surface area contributed by atoms with Gasteiger partial charge in [-0.15, -0.1) is 11.3 Å². The molecule has 2 heterocycles. The van der Waals surface area contributed by atoms with Crippen LogP contribution in [0.15, 0.2) is 77.3 Å². The molecule has 0 aliphatic carbocycles. The van der Waals surface area contributed by atoms with Crippen LogP contribution in [-0.2, 0) is 10.0 Å². The Bertz CT molecular complexity index is 1290. The Morgan fingerprint density at radius 1 is 0.968 bits per heavy atom. The van der Waals surface area contributed by atoms with Crippen LogP contribution in [0.25, 0.3) is 11.3 Å². The molecule has 158 valence electrons. The number of aromatic nitrogens is 2. The molecule has 0 aliphatic heterocycles. The smallest absolute Gasteiger partial charge is 0.265 e. The van der Waals surface area contributed by atoms with Crippen LogP contribution in [0.1, 0.15) is 5.56 Å². The van der Waals surface area contributed by atoms with E-state index in [2.05, 4.69) is 20.0 Å². The number of hydrogen-bond acceptors (Lipinski definition) is 7. The number of aryl methyl sites for hydroxylation is 1. The van der Waals surface area contributed by atoms with Gasteiger partial charge < -0.3 is 10.1 Å². The van der Waals surface area contributed by atoms with Gasteiger partial charge in [0.1, 0.15) is 10.6 Å². The zero-order valence-electron chi connectivity index (χ0n) is 16.9. The van der Waals surface area contributed by atoms with Gasteiger partial charge >= 0.3 is 0 Å². The molecule has 4 aromatic rings. The molecule has 7 nitrogen and oxygen atoms in total. The van der Waals surface area contributed by atoms with Crippen molar-refractivity contribution in [2.24, 2.45) is 0 Å². The van der Waals surface area contributed by atoms with E-state index in [0.29, 0.717) is 11.4 Å². The van der Waals surface area contributed by atoms with Crippen LogP contribution in [-0.4, -0.2) is 25.5 Å². The molecule has 0 radical (unpaired) electrons. The van der Waals surface area contributed by atoms with E-state index in [1.807, 2.05) is 24.4 Å². The Balaban J connectivity index is 1.48. The van der Waals surface area contributed by atoms with Crippen molar-refractivity contribution in [3.8, 4) is 17.0 Å². The Hall–Kier alpha value is -3.43. The maximum atomic E-state index is 12.8. The van der Waals surface area contributed by atoms with Crippen molar-refractivity contribution in [2.45, 2.75) is 11.8 Å². The number of nitrogens with one attached hydrogen (secondary N) is 2. The van der Waals surface area contributed by atoms with Gasteiger partial charge in [0, 0.05) is 34.7 Å². The number of pyridine rings is 1. The first-order valence-electron chi connectivity index (χ1n) is 9.35. The molecule has 4 rings (SSSR count). The number of methoxy groups -OCH3 is 1. The summed E-state index contributed by atoms with van der Waals surface area (Å²) in [5.41, 5.74) is 3.94. The molecule has 0 saturated heterocycles. The van der Waals surface area contributed by atoms with Gasteiger partial charge in [0.25, 0.3) is 10.0 Å². The third-order valence-electron chi connectivity index (χ3n) is 4.48. The van der Waals surface area contributed by atoms with Crippen molar-refractivity contribution >= 4 is 37.9 Å². The summed E-state index contributed by atoms with van der Waals surface area (Å²) in [6.07, 6.45) is 3.46. The topological polar surface area (TPSA) is 93.2 Å². The van der Waals surface area contributed by atoms with Crippen molar-refractivity contribution in [3.05, 3.63) is 77.9 Å². The SMILES string of the molecule is COc1ccc(C)cc1S(=O)(=O)Nc1ccc(Nc2nc(-c3ccncc3)cs2)cc1. The minimum absolute atomic E-state index is 0.101. The normalized spacial score (nSPS) is 11.2. The maximum absolute atomic E-state index is 12.8. The molecule has 2 aromatic carbocycles. The number of rotatable bonds is 7. The first-order valence-corrected chi connectivity index (χ1v) is 11.7. The summed E-state index contributed by atoms with van der Waals surface area (Å²) in [7, 11) is -2.34. The highest BCUT2D eigenvalue weighted by Crippen LogP contribution is 2.29. The lowest BCUT2D eigenvalue weighted by Gasteiger charge is -2.12. The fraction of sp³-hybridized carbons (Fsp3) is 0.0909. The number of ether oxygens (including phenoxy) is 1. The van der Waals surface area contributed by atoms with E-state index in [0.717, 1.165) is 27.6 Å². The molecule has 2 aromatic heterocycles. The lowest BCUT2D eigenvalue weighted by atomic mass is 10.2. The number of anilines is 3. The zero-order chi connectivity index (χ0) is 21.8. The molecule has 31 heavy (non-hydrogen) atoms. The average molecular weight is 453 g/mol. The molecule has 2 N–H and O–H groups in total. The lowest BCUT2D eigenvalue weighted by molar-refractivity contribution is 0.402. The van der Waals surface area contributed by atoms with Gasteiger partial charge in [0.15, 0.2) is 5.13 Å². The van der Waals surface area contributed by atoms with Crippen LogP contribution in [0.4, 0.5) is 16.5 Å². The molecule has 0 amide bonds. The molecule has 0 spiro atoms. The summed E-state index contributed by atoms with van der Waals surface area (Å²) in [5.74, 6) is 0.296. The molecule has 0 aliphatic rings. The van der Waals surface area contributed by atoms with Gasteiger partial charge in [-0.2, -0.15) is 0 Å². The number of nitrogens with zero attached hydrogens (tertiary/aromatic N) is 2. The molecule has 9 heteroatoms. The third-order valence-corrected chi connectivity index (χ3v) is 6.64. The molecular formula is C22H20N4O3S2. The van der Waals surface area contributed by atoms with E-state index in [1.54, 1.807) is 54.9 Å². The van der Waals surface area contributed by atoms with Gasteiger partial charge in [-0.1, -0.05) is 6.07 Å². The van der Waals surface area contributed by atoms with Crippen LogP contribution in [0, 0.1) is 6.92 Å². The second-order valence-corrected chi connectivity index (χ2v) is 9.24. The molecular weight excluding hydrogens is 432 g/mol. The number of hydrogen-bond donors (Lipinski definition) is 2. The molecule has 0 bridgehead atoms. The third kappa shape index (κ3) is 4.84. The predicted octanol–water partition coefficient (Wildman–Crippen LogP) is 5.07. The van der Waals surface area contributed by atoms with E-state index >= 15 is 0 Å². The lowest BCUT2D eigenvalue weighted by Crippen LogP contribution is -2.14. The fourth-order valence-corrected chi connectivity index (χ4v) is 4.99. The number of benzene rings is 2. The van der Waals surface area contributed by atoms with E-state index < -0.39 is 10.0 Å². The highest BCUT2D eigenvalue weighted by molar-refractivity contribution is 7.92. The number of sulfonamides is 1.